The van der Waals surface area contributed by atoms with Crippen molar-refractivity contribution in [3.8, 4) is 11.5 Å². The summed E-state index contributed by atoms with van der Waals surface area (Å²) in [6.07, 6.45) is 0.160. The van der Waals surface area contributed by atoms with E-state index in [9.17, 15) is 24.9 Å². The van der Waals surface area contributed by atoms with E-state index in [0.29, 0.717) is 11.1 Å². The molecule has 0 saturated carbocycles. The lowest BCUT2D eigenvalue weighted by atomic mass is 9.78. The number of rotatable bonds is 3. The third-order valence-electron chi connectivity index (χ3n) is 3.43. The molecule has 3 N–H and O–H groups in total. The molecule has 5 heteroatoms. The fraction of sp³-hybridized carbons (Fsp3) is 0.333. The molecule has 0 radical (unpaired) electrons. The third-order valence-corrected chi connectivity index (χ3v) is 3.43. The van der Waals surface area contributed by atoms with Crippen molar-refractivity contribution in [2.24, 2.45) is 5.92 Å². The molecule has 1 aromatic rings. The molecule has 1 aliphatic rings. The highest BCUT2D eigenvalue weighted by Gasteiger charge is 2.35. The Morgan fingerprint density at radius 3 is 2.50 bits per heavy atom. The topological polar surface area (TPSA) is 94.8 Å². The fourth-order valence-electron chi connectivity index (χ4n) is 2.62. The Morgan fingerprint density at radius 2 is 1.90 bits per heavy atom. The van der Waals surface area contributed by atoms with Crippen LogP contribution in [0.5, 0.6) is 11.5 Å². The van der Waals surface area contributed by atoms with E-state index in [1.807, 2.05) is 0 Å². The molecule has 0 heterocycles. The first kappa shape index (κ1) is 14.3. The van der Waals surface area contributed by atoms with E-state index in [1.165, 1.54) is 13.0 Å². The Morgan fingerprint density at radius 1 is 1.25 bits per heavy atom. The van der Waals surface area contributed by atoms with Gasteiger partial charge in [-0.1, -0.05) is 11.6 Å². The molecule has 2 rings (SSSR count). The number of hydrogen-bond donors (Lipinski definition) is 3. The predicted octanol–water partition coefficient (Wildman–Crippen LogP) is 1.71. The van der Waals surface area contributed by atoms with E-state index in [2.05, 4.69) is 0 Å². The molecule has 1 aromatic carbocycles. The van der Waals surface area contributed by atoms with Crippen LogP contribution in [0.15, 0.2) is 17.7 Å². The number of ketones is 2. The highest BCUT2D eigenvalue weighted by atomic mass is 16.3. The number of benzene rings is 1. The van der Waals surface area contributed by atoms with Crippen molar-refractivity contribution in [3.63, 3.8) is 0 Å². The largest absolute Gasteiger partial charge is 0.508 e. The van der Waals surface area contributed by atoms with Gasteiger partial charge in [0.05, 0.1) is 18.4 Å². The molecule has 106 valence electrons. The van der Waals surface area contributed by atoms with Crippen LogP contribution >= 0.6 is 0 Å². The quantitative estimate of drug-likeness (QED) is 0.730. The number of hydrogen-bond acceptors (Lipinski definition) is 5. The van der Waals surface area contributed by atoms with Crippen molar-refractivity contribution in [1.29, 1.82) is 0 Å². The van der Waals surface area contributed by atoms with E-state index >= 15 is 0 Å². The molecule has 2 unspecified atom stereocenters. The summed E-state index contributed by atoms with van der Waals surface area (Å²) in [5.41, 5.74) is 1.27. The maximum atomic E-state index is 12.1. The Bertz CT molecular complexity index is 615. The number of Topliss-reactive ketones (excluding diaryl/α,β-unsaturated/α-hetero) is 2. The van der Waals surface area contributed by atoms with Crippen molar-refractivity contribution >= 4 is 17.6 Å². The summed E-state index contributed by atoms with van der Waals surface area (Å²) < 4.78 is 0. The summed E-state index contributed by atoms with van der Waals surface area (Å²) in [4.78, 5) is 23.1. The number of phenols is 2. The number of aliphatic hydroxyl groups is 1. The molecule has 2 atom stereocenters. The maximum absolute atomic E-state index is 12.1. The lowest BCUT2D eigenvalue weighted by Gasteiger charge is -2.29. The van der Waals surface area contributed by atoms with Gasteiger partial charge in [-0.25, -0.2) is 0 Å². The zero-order valence-electron chi connectivity index (χ0n) is 11.3. The van der Waals surface area contributed by atoms with Crippen LogP contribution in [0.2, 0.25) is 0 Å². The van der Waals surface area contributed by atoms with E-state index in [-0.39, 0.29) is 35.0 Å². The van der Waals surface area contributed by atoms with E-state index in [0.717, 1.165) is 6.07 Å². The summed E-state index contributed by atoms with van der Waals surface area (Å²) in [5.74, 6) is -1.88. The monoisotopic (exact) mass is 276 g/mol. The first-order chi connectivity index (χ1) is 9.31. The average molecular weight is 276 g/mol. The standard InChI is InChI=1S/C15H16O5/c1-7-3-9-5-10(17)6-12(19)14(9)15(20)13(7)11(18)4-8(2)16/h3,5-6,13,15,17,19-20H,4H2,1-2H3. The lowest BCUT2D eigenvalue weighted by Crippen LogP contribution is -2.27. The van der Waals surface area contributed by atoms with Gasteiger partial charge in [-0.2, -0.15) is 0 Å². The Hall–Kier alpha value is -2.14. The summed E-state index contributed by atoms with van der Waals surface area (Å²) in [7, 11) is 0. The normalized spacial score (nSPS) is 21.1. The molecule has 0 aliphatic heterocycles. The zero-order chi connectivity index (χ0) is 15.0. The Balaban J connectivity index is 2.47. The maximum Gasteiger partial charge on any atom is 0.150 e. The number of phenolic OH excluding ortho intramolecular Hbond substituents is 2. The second kappa shape index (κ2) is 5.09. The third kappa shape index (κ3) is 2.44. The highest BCUT2D eigenvalue weighted by molar-refractivity contribution is 6.01. The van der Waals surface area contributed by atoms with Gasteiger partial charge in [-0.3, -0.25) is 9.59 Å². The number of aromatic hydroxyl groups is 2. The average Bonchev–Trinajstić information content (AvgIpc) is 2.25. The minimum absolute atomic E-state index is 0.119. The SMILES string of the molecule is CC(=O)CC(=O)C1C(C)=Cc2cc(O)cc(O)c2C1O. The van der Waals surface area contributed by atoms with E-state index in [4.69, 9.17) is 0 Å². The second-order valence-electron chi connectivity index (χ2n) is 5.12. The van der Waals surface area contributed by atoms with Gasteiger partial charge in [0.15, 0.2) is 0 Å². The minimum Gasteiger partial charge on any atom is -0.508 e. The van der Waals surface area contributed by atoms with Crippen LogP contribution in [-0.4, -0.2) is 26.9 Å². The molecule has 0 saturated heterocycles. The fourth-order valence-corrected chi connectivity index (χ4v) is 2.62. The first-order valence-electron chi connectivity index (χ1n) is 6.25. The van der Waals surface area contributed by atoms with Gasteiger partial charge in [0.25, 0.3) is 0 Å². The summed E-state index contributed by atoms with van der Waals surface area (Å²) in [6, 6.07) is 2.52. The molecule has 0 amide bonds. The molecule has 5 nitrogen and oxygen atoms in total. The molecule has 20 heavy (non-hydrogen) atoms. The molecule has 0 bridgehead atoms. The van der Waals surface area contributed by atoms with Gasteiger partial charge in [-0.15, -0.1) is 0 Å². The van der Waals surface area contributed by atoms with Gasteiger partial charge < -0.3 is 15.3 Å². The van der Waals surface area contributed by atoms with Crippen LogP contribution in [0.3, 0.4) is 0 Å². The van der Waals surface area contributed by atoms with Gasteiger partial charge in [0, 0.05) is 11.6 Å². The van der Waals surface area contributed by atoms with E-state index in [1.54, 1.807) is 13.0 Å². The van der Waals surface area contributed by atoms with Gasteiger partial charge in [-0.05, 0) is 25.5 Å². The molecule has 1 aliphatic carbocycles. The molecule has 0 aromatic heterocycles. The zero-order valence-corrected chi connectivity index (χ0v) is 11.3. The summed E-state index contributed by atoms with van der Waals surface area (Å²) in [6.45, 7) is 2.99. The van der Waals surface area contributed by atoms with Crippen LogP contribution in [-0.2, 0) is 9.59 Å². The molecule has 0 fully saturated rings. The van der Waals surface area contributed by atoms with Crippen molar-refractivity contribution in [3.05, 3.63) is 28.8 Å². The molecular weight excluding hydrogens is 260 g/mol. The van der Waals surface area contributed by atoms with E-state index < -0.39 is 12.0 Å². The first-order valence-corrected chi connectivity index (χ1v) is 6.25. The summed E-state index contributed by atoms with van der Waals surface area (Å²) in [5, 5.41) is 29.6. The van der Waals surface area contributed by atoms with Crippen LogP contribution in [0, 0.1) is 5.92 Å². The highest BCUT2D eigenvalue weighted by Crippen LogP contribution is 2.43. The van der Waals surface area contributed by atoms with Crippen LogP contribution in [0.25, 0.3) is 6.08 Å². The Labute approximate surface area is 116 Å². The number of aliphatic hydroxyl groups excluding tert-OH is 1. The number of fused-ring (bicyclic) bond motifs is 1. The predicted molar refractivity (Wildman–Crippen MR) is 72.2 cm³/mol. The van der Waals surface area contributed by atoms with Gasteiger partial charge in [0.2, 0.25) is 0 Å². The van der Waals surface area contributed by atoms with Crippen molar-refractivity contribution in [2.45, 2.75) is 26.4 Å². The Kier molecular flexibility index (Phi) is 3.63. The number of carbonyl (C=O) groups excluding carboxylic acids is 2. The van der Waals surface area contributed by atoms with Gasteiger partial charge >= 0.3 is 0 Å². The van der Waals surface area contributed by atoms with Gasteiger partial charge in [0.1, 0.15) is 23.1 Å². The van der Waals surface area contributed by atoms with Crippen molar-refractivity contribution in [1.82, 2.24) is 0 Å². The molecule has 0 spiro atoms. The smallest absolute Gasteiger partial charge is 0.150 e. The second-order valence-corrected chi connectivity index (χ2v) is 5.12. The number of carbonyl (C=O) groups is 2. The van der Waals surface area contributed by atoms with Crippen LogP contribution < -0.4 is 0 Å². The molecular formula is C15H16O5. The minimum atomic E-state index is -1.22. The van der Waals surface area contributed by atoms with Crippen molar-refractivity contribution in [2.75, 3.05) is 0 Å². The van der Waals surface area contributed by atoms with Crippen LogP contribution in [0.1, 0.15) is 37.5 Å². The summed E-state index contributed by atoms with van der Waals surface area (Å²) >= 11 is 0. The van der Waals surface area contributed by atoms with Crippen LogP contribution in [0.4, 0.5) is 0 Å². The lowest BCUT2D eigenvalue weighted by molar-refractivity contribution is -0.129. The van der Waals surface area contributed by atoms with Crippen molar-refractivity contribution < 1.29 is 24.9 Å².